The van der Waals surface area contributed by atoms with Crippen molar-refractivity contribution in [2.45, 2.75) is 26.3 Å². The number of nitriles is 2. The molecular weight excluding hydrogens is 262 g/mol. The Morgan fingerprint density at radius 3 is 2.38 bits per heavy atom. The van der Waals surface area contributed by atoms with Crippen molar-refractivity contribution in [2.75, 3.05) is 0 Å². The molecule has 0 aliphatic heterocycles. The van der Waals surface area contributed by atoms with Crippen LogP contribution in [0.1, 0.15) is 31.9 Å². The second-order valence-corrected chi connectivity index (χ2v) is 5.75. The second-order valence-electron chi connectivity index (χ2n) is 5.75. The first kappa shape index (κ1) is 14.6. The van der Waals surface area contributed by atoms with Crippen LogP contribution in [-0.2, 0) is 5.54 Å². The topological polar surface area (TPSA) is 69.6 Å². The highest BCUT2D eigenvalue weighted by Crippen LogP contribution is 2.23. The molecule has 0 saturated carbocycles. The van der Waals surface area contributed by atoms with Crippen LogP contribution in [0.5, 0.6) is 0 Å². The molecule has 21 heavy (non-hydrogen) atoms. The molecule has 1 heterocycles. The number of hydrogen-bond acceptors (Lipinski definition) is 3. The van der Waals surface area contributed by atoms with Gasteiger partial charge in [0.05, 0.1) is 11.6 Å². The maximum absolute atomic E-state index is 12.5. The zero-order valence-corrected chi connectivity index (χ0v) is 12.2. The van der Waals surface area contributed by atoms with Gasteiger partial charge in [-0.15, -0.1) is 0 Å². The summed E-state index contributed by atoms with van der Waals surface area (Å²) in [6.45, 7) is 5.72. The number of pyridine rings is 1. The summed E-state index contributed by atoms with van der Waals surface area (Å²) >= 11 is 0. The fraction of sp³-hybridized carbons (Fsp3) is 0.235. The van der Waals surface area contributed by atoms with Gasteiger partial charge in [-0.3, -0.25) is 4.79 Å². The van der Waals surface area contributed by atoms with Crippen molar-refractivity contribution in [3.8, 4) is 23.3 Å². The molecule has 0 N–H and O–H groups in total. The third kappa shape index (κ3) is 2.70. The molecule has 0 amide bonds. The van der Waals surface area contributed by atoms with Crippen molar-refractivity contribution in [1.82, 2.24) is 4.57 Å². The van der Waals surface area contributed by atoms with Crippen molar-refractivity contribution in [2.24, 2.45) is 0 Å². The summed E-state index contributed by atoms with van der Waals surface area (Å²) in [7, 11) is 0. The Hall–Kier alpha value is -2.85. The van der Waals surface area contributed by atoms with E-state index in [4.69, 9.17) is 5.26 Å². The lowest BCUT2D eigenvalue weighted by Crippen LogP contribution is -2.34. The van der Waals surface area contributed by atoms with Crippen LogP contribution in [-0.4, -0.2) is 4.57 Å². The Morgan fingerprint density at radius 1 is 1.10 bits per heavy atom. The van der Waals surface area contributed by atoms with E-state index in [1.807, 2.05) is 26.8 Å². The van der Waals surface area contributed by atoms with Crippen LogP contribution in [0.3, 0.4) is 0 Å². The van der Waals surface area contributed by atoms with Crippen molar-refractivity contribution < 1.29 is 0 Å². The fourth-order valence-electron chi connectivity index (χ4n) is 2.17. The van der Waals surface area contributed by atoms with Gasteiger partial charge in [-0.1, -0.05) is 12.1 Å². The molecule has 0 aliphatic rings. The summed E-state index contributed by atoms with van der Waals surface area (Å²) in [5.74, 6) is 0. The van der Waals surface area contributed by atoms with E-state index in [9.17, 15) is 10.1 Å². The molecule has 0 radical (unpaired) electrons. The molecule has 1 aromatic heterocycles. The third-order valence-corrected chi connectivity index (χ3v) is 3.23. The molecule has 104 valence electrons. The zero-order chi connectivity index (χ0) is 15.6. The average molecular weight is 277 g/mol. The van der Waals surface area contributed by atoms with Crippen LogP contribution in [0.25, 0.3) is 11.1 Å². The predicted molar refractivity (Wildman–Crippen MR) is 80.6 cm³/mol. The van der Waals surface area contributed by atoms with Gasteiger partial charge in [-0.05, 0) is 44.5 Å². The van der Waals surface area contributed by atoms with E-state index in [-0.39, 0.29) is 11.1 Å². The first-order valence-corrected chi connectivity index (χ1v) is 6.55. The smallest absolute Gasteiger partial charge is 0.269 e. The summed E-state index contributed by atoms with van der Waals surface area (Å²) in [5, 5.41) is 18.3. The fourth-order valence-corrected chi connectivity index (χ4v) is 2.17. The molecular formula is C17H15N3O. The highest BCUT2D eigenvalue weighted by molar-refractivity contribution is 5.70. The lowest BCUT2D eigenvalue weighted by atomic mass is 9.99. The van der Waals surface area contributed by atoms with E-state index in [0.717, 1.165) is 0 Å². The Labute approximate surface area is 123 Å². The maximum Gasteiger partial charge on any atom is 0.269 e. The SMILES string of the molecule is CC(C)(C)n1ccc(-c2cccc(C#N)c2)c(C#N)c1=O. The van der Waals surface area contributed by atoms with Gasteiger partial charge >= 0.3 is 0 Å². The number of benzene rings is 1. The standard InChI is InChI=1S/C17H15N3O/c1-17(2,3)20-8-7-14(15(11-19)16(20)21)13-6-4-5-12(9-13)10-18/h4-9H,1-3H3. The van der Waals surface area contributed by atoms with Crippen LogP contribution < -0.4 is 5.56 Å². The van der Waals surface area contributed by atoms with Crippen LogP contribution in [0.2, 0.25) is 0 Å². The largest absolute Gasteiger partial charge is 0.309 e. The number of aromatic nitrogens is 1. The lowest BCUT2D eigenvalue weighted by molar-refractivity contribution is 0.384. The molecule has 2 rings (SSSR count). The minimum atomic E-state index is -0.393. The van der Waals surface area contributed by atoms with E-state index in [1.165, 1.54) is 0 Å². The van der Waals surface area contributed by atoms with Crippen LogP contribution in [0.15, 0.2) is 41.3 Å². The molecule has 1 aromatic carbocycles. The Kier molecular flexibility index (Phi) is 3.65. The van der Waals surface area contributed by atoms with Gasteiger partial charge in [0.2, 0.25) is 0 Å². The van der Waals surface area contributed by atoms with E-state index in [1.54, 1.807) is 41.1 Å². The highest BCUT2D eigenvalue weighted by atomic mass is 16.1. The normalized spacial score (nSPS) is 10.7. The van der Waals surface area contributed by atoms with Crippen molar-refractivity contribution >= 4 is 0 Å². The van der Waals surface area contributed by atoms with Gasteiger partial charge in [-0.25, -0.2) is 0 Å². The summed E-state index contributed by atoms with van der Waals surface area (Å²) in [6.07, 6.45) is 1.69. The van der Waals surface area contributed by atoms with E-state index >= 15 is 0 Å². The van der Waals surface area contributed by atoms with E-state index in [0.29, 0.717) is 16.7 Å². The molecule has 0 unspecified atom stereocenters. The molecule has 0 fully saturated rings. The average Bonchev–Trinajstić information content (AvgIpc) is 2.45. The Bertz CT molecular complexity index is 827. The van der Waals surface area contributed by atoms with Gasteiger partial charge in [0.1, 0.15) is 11.6 Å². The molecule has 0 aliphatic carbocycles. The Balaban J connectivity index is 2.73. The highest BCUT2D eigenvalue weighted by Gasteiger charge is 2.19. The maximum atomic E-state index is 12.5. The third-order valence-electron chi connectivity index (χ3n) is 3.23. The van der Waals surface area contributed by atoms with Crippen molar-refractivity contribution in [1.29, 1.82) is 10.5 Å². The first-order valence-electron chi connectivity index (χ1n) is 6.55. The van der Waals surface area contributed by atoms with E-state index < -0.39 is 5.54 Å². The summed E-state index contributed by atoms with van der Waals surface area (Å²) in [5.41, 5.74) is 1.14. The summed E-state index contributed by atoms with van der Waals surface area (Å²) in [4.78, 5) is 12.5. The lowest BCUT2D eigenvalue weighted by Gasteiger charge is -2.23. The van der Waals surface area contributed by atoms with Crippen LogP contribution in [0.4, 0.5) is 0 Å². The van der Waals surface area contributed by atoms with Gasteiger partial charge in [-0.2, -0.15) is 10.5 Å². The Morgan fingerprint density at radius 2 is 1.81 bits per heavy atom. The molecule has 4 nitrogen and oxygen atoms in total. The van der Waals surface area contributed by atoms with Gasteiger partial charge in [0, 0.05) is 17.3 Å². The van der Waals surface area contributed by atoms with Gasteiger partial charge in [0.15, 0.2) is 0 Å². The zero-order valence-electron chi connectivity index (χ0n) is 12.2. The first-order chi connectivity index (χ1) is 9.88. The van der Waals surface area contributed by atoms with Crippen LogP contribution >= 0.6 is 0 Å². The summed E-state index contributed by atoms with van der Waals surface area (Å²) in [6, 6.07) is 12.7. The monoisotopic (exact) mass is 277 g/mol. The molecule has 0 saturated heterocycles. The van der Waals surface area contributed by atoms with E-state index in [2.05, 4.69) is 6.07 Å². The molecule has 0 bridgehead atoms. The minimum Gasteiger partial charge on any atom is -0.309 e. The van der Waals surface area contributed by atoms with Crippen molar-refractivity contribution in [3.05, 3.63) is 58.0 Å². The van der Waals surface area contributed by atoms with Gasteiger partial charge < -0.3 is 4.57 Å². The quantitative estimate of drug-likeness (QED) is 0.804. The number of nitrogens with zero attached hydrogens (tertiary/aromatic N) is 3. The molecule has 0 spiro atoms. The number of rotatable bonds is 1. The second kappa shape index (κ2) is 5.26. The van der Waals surface area contributed by atoms with Crippen molar-refractivity contribution in [3.63, 3.8) is 0 Å². The molecule has 0 atom stereocenters. The molecule has 4 heteroatoms. The predicted octanol–water partition coefficient (Wildman–Crippen LogP) is 3.01. The van der Waals surface area contributed by atoms with Gasteiger partial charge in [0.25, 0.3) is 5.56 Å². The number of hydrogen-bond donors (Lipinski definition) is 0. The minimum absolute atomic E-state index is 0.0996. The van der Waals surface area contributed by atoms with Crippen LogP contribution in [0, 0.1) is 22.7 Å². The molecule has 2 aromatic rings. The summed E-state index contributed by atoms with van der Waals surface area (Å²) < 4.78 is 1.54.